The van der Waals surface area contributed by atoms with E-state index in [0.29, 0.717) is 6.04 Å². The number of aliphatic hydroxyl groups excluding tert-OH is 1. The lowest BCUT2D eigenvalue weighted by Crippen LogP contribution is -3.11. The molecule has 5 nitrogen and oxygen atoms in total. The smallest absolute Gasteiger partial charge is 0.159 e. The molecule has 0 amide bonds. The van der Waals surface area contributed by atoms with E-state index < -0.39 is 15.9 Å². The van der Waals surface area contributed by atoms with Crippen LogP contribution in [0.25, 0.3) is 0 Å². The van der Waals surface area contributed by atoms with Gasteiger partial charge in [-0.05, 0) is 0 Å². The monoisotopic (exact) mass is 312 g/mol. The summed E-state index contributed by atoms with van der Waals surface area (Å²) in [5.41, 5.74) is 1.34. The zero-order chi connectivity index (χ0) is 14.9. The van der Waals surface area contributed by atoms with Crippen LogP contribution in [0.1, 0.15) is 12.0 Å². The Morgan fingerprint density at radius 1 is 1.24 bits per heavy atom. The summed E-state index contributed by atoms with van der Waals surface area (Å²) in [4.78, 5) is 1.54. The molecule has 116 valence electrons. The molecule has 3 rings (SSSR count). The van der Waals surface area contributed by atoms with Crippen molar-refractivity contribution in [2.45, 2.75) is 31.2 Å². The number of quaternary nitrogens is 2. The van der Waals surface area contributed by atoms with Crippen LogP contribution < -0.4 is 10.2 Å². The van der Waals surface area contributed by atoms with Gasteiger partial charge in [-0.1, -0.05) is 30.3 Å². The van der Waals surface area contributed by atoms with E-state index in [1.54, 1.807) is 0 Å². The lowest BCUT2D eigenvalue weighted by molar-refractivity contribution is -0.912. The number of nitrogens with two attached hydrogens (primary N) is 1. The van der Waals surface area contributed by atoms with E-state index in [2.05, 4.69) is 29.6 Å². The molecule has 2 saturated heterocycles. The first-order chi connectivity index (χ1) is 10.0. The van der Waals surface area contributed by atoms with Gasteiger partial charge in [-0.25, -0.2) is 8.42 Å². The number of benzene rings is 1. The van der Waals surface area contributed by atoms with E-state index in [9.17, 15) is 13.5 Å². The topological polar surface area (TPSA) is 75.4 Å². The Morgan fingerprint density at radius 2 is 2.00 bits per heavy atom. The maximum atomic E-state index is 11.5. The van der Waals surface area contributed by atoms with Gasteiger partial charge in [0.25, 0.3) is 0 Å². The van der Waals surface area contributed by atoms with Crippen molar-refractivity contribution in [3.8, 4) is 0 Å². The van der Waals surface area contributed by atoms with Crippen molar-refractivity contribution in [1.82, 2.24) is 0 Å². The first kappa shape index (κ1) is 15.0. The molecule has 4 N–H and O–H groups in total. The molecule has 6 heteroatoms. The minimum Gasteiger partial charge on any atom is -0.386 e. The highest BCUT2D eigenvalue weighted by atomic mass is 32.2. The zero-order valence-corrected chi connectivity index (χ0v) is 12.9. The Kier molecular flexibility index (Phi) is 4.31. The van der Waals surface area contributed by atoms with Crippen molar-refractivity contribution in [2.24, 2.45) is 0 Å². The fourth-order valence-corrected chi connectivity index (χ4v) is 5.39. The summed E-state index contributed by atoms with van der Waals surface area (Å²) in [6.45, 7) is 3.18. The van der Waals surface area contributed by atoms with E-state index in [-0.39, 0.29) is 17.5 Å². The van der Waals surface area contributed by atoms with Gasteiger partial charge in [-0.15, -0.1) is 0 Å². The second-order valence-electron chi connectivity index (χ2n) is 6.42. The Hall–Kier alpha value is -0.950. The molecule has 1 unspecified atom stereocenters. The van der Waals surface area contributed by atoms with Crippen LogP contribution >= 0.6 is 0 Å². The van der Waals surface area contributed by atoms with Crippen LogP contribution in [-0.4, -0.2) is 56.3 Å². The highest BCUT2D eigenvalue weighted by molar-refractivity contribution is 7.91. The maximum Gasteiger partial charge on any atom is 0.159 e. The van der Waals surface area contributed by atoms with Crippen LogP contribution in [-0.2, 0) is 16.4 Å². The van der Waals surface area contributed by atoms with Crippen LogP contribution in [0.2, 0.25) is 0 Å². The third-order valence-electron chi connectivity index (χ3n) is 4.60. The van der Waals surface area contributed by atoms with Crippen molar-refractivity contribution in [3.63, 3.8) is 0 Å². The number of aliphatic hydroxyl groups is 1. The standard InChI is InChI=1S/C15H22N2O3S/c18-15-11-21(19,20)10-14(15)16-13-6-7-17(9-13)8-12-4-2-1-3-5-12/h1-5,13-16,18H,6-11H2/p+2/t13-,14-,15+/m1/s1. The quantitative estimate of drug-likeness (QED) is 0.578. The van der Waals surface area contributed by atoms with Gasteiger partial charge in [0.2, 0.25) is 0 Å². The van der Waals surface area contributed by atoms with E-state index in [0.717, 1.165) is 26.1 Å². The summed E-state index contributed by atoms with van der Waals surface area (Å²) in [6, 6.07) is 10.7. The fourth-order valence-electron chi connectivity index (χ4n) is 3.56. The molecule has 0 spiro atoms. The summed E-state index contributed by atoms with van der Waals surface area (Å²) < 4.78 is 23.1. The van der Waals surface area contributed by atoms with Crippen LogP contribution in [0, 0.1) is 0 Å². The molecule has 21 heavy (non-hydrogen) atoms. The Balaban J connectivity index is 1.51. The number of sulfone groups is 1. The average molecular weight is 312 g/mol. The fraction of sp³-hybridized carbons (Fsp3) is 0.600. The Labute approximate surface area is 125 Å². The van der Waals surface area contributed by atoms with Gasteiger partial charge in [0.1, 0.15) is 37.0 Å². The van der Waals surface area contributed by atoms with Crippen molar-refractivity contribution in [1.29, 1.82) is 0 Å². The molecule has 2 fully saturated rings. The first-order valence-electron chi connectivity index (χ1n) is 7.63. The van der Waals surface area contributed by atoms with Crippen LogP contribution in [0.3, 0.4) is 0 Å². The highest BCUT2D eigenvalue weighted by Crippen LogP contribution is 2.09. The molecule has 0 saturated carbocycles. The molecule has 1 aromatic carbocycles. The molecule has 2 aliphatic rings. The van der Waals surface area contributed by atoms with Crippen molar-refractivity contribution < 1.29 is 23.7 Å². The molecule has 1 aromatic rings. The second kappa shape index (κ2) is 6.04. The summed E-state index contributed by atoms with van der Waals surface area (Å²) in [5.74, 6) is 0.0557. The van der Waals surface area contributed by atoms with E-state index >= 15 is 0 Å². The van der Waals surface area contributed by atoms with Gasteiger partial charge in [0.15, 0.2) is 9.84 Å². The lowest BCUT2D eigenvalue weighted by atomic mass is 10.1. The summed E-state index contributed by atoms with van der Waals surface area (Å²) in [5, 5.41) is 12.0. The normalized spacial score (nSPS) is 35.1. The molecule has 0 aliphatic carbocycles. The third-order valence-corrected chi connectivity index (χ3v) is 6.34. The molecule has 2 heterocycles. The summed E-state index contributed by atoms with van der Waals surface area (Å²) >= 11 is 0. The summed E-state index contributed by atoms with van der Waals surface area (Å²) in [7, 11) is -3.04. The van der Waals surface area contributed by atoms with Gasteiger partial charge in [-0.3, -0.25) is 0 Å². The molecule has 0 bridgehead atoms. The van der Waals surface area contributed by atoms with E-state index in [1.165, 1.54) is 10.5 Å². The lowest BCUT2D eigenvalue weighted by Gasteiger charge is -2.16. The van der Waals surface area contributed by atoms with Gasteiger partial charge in [0, 0.05) is 5.56 Å². The van der Waals surface area contributed by atoms with Gasteiger partial charge in [-0.2, -0.15) is 0 Å². The third kappa shape index (κ3) is 3.83. The molecular formula is C15H24N2O3S+2. The largest absolute Gasteiger partial charge is 0.386 e. The average Bonchev–Trinajstić information content (AvgIpc) is 2.95. The van der Waals surface area contributed by atoms with E-state index in [4.69, 9.17) is 0 Å². The van der Waals surface area contributed by atoms with Gasteiger partial charge >= 0.3 is 0 Å². The number of rotatable bonds is 4. The molecule has 0 aromatic heterocycles. The summed E-state index contributed by atoms with van der Waals surface area (Å²) in [6.07, 6.45) is 0.388. The Bertz CT molecular complexity index is 576. The Morgan fingerprint density at radius 3 is 2.67 bits per heavy atom. The number of nitrogens with one attached hydrogen (secondary N) is 1. The van der Waals surface area contributed by atoms with Gasteiger partial charge in [0.05, 0.1) is 18.7 Å². The number of hydrogen-bond acceptors (Lipinski definition) is 3. The molecule has 2 aliphatic heterocycles. The number of hydrogen-bond donors (Lipinski definition) is 3. The van der Waals surface area contributed by atoms with Crippen LogP contribution in [0.15, 0.2) is 30.3 Å². The minimum absolute atomic E-state index is 0.0680. The van der Waals surface area contributed by atoms with Crippen molar-refractivity contribution >= 4 is 9.84 Å². The van der Waals surface area contributed by atoms with Crippen molar-refractivity contribution in [3.05, 3.63) is 35.9 Å². The zero-order valence-electron chi connectivity index (χ0n) is 12.1. The SMILES string of the molecule is O=S1(=O)C[C@H](O)[C@H]([NH2+][C@@H]2CC[NH+](Cc3ccccc3)C2)C1. The van der Waals surface area contributed by atoms with Crippen LogP contribution in [0.5, 0.6) is 0 Å². The first-order valence-corrected chi connectivity index (χ1v) is 9.45. The highest BCUT2D eigenvalue weighted by Gasteiger charge is 2.42. The van der Waals surface area contributed by atoms with E-state index in [1.807, 2.05) is 6.07 Å². The maximum absolute atomic E-state index is 11.5. The molecular weight excluding hydrogens is 288 g/mol. The van der Waals surface area contributed by atoms with Crippen molar-refractivity contribution in [2.75, 3.05) is 24.6 Å². The predicted octanol–water partition coefficient (Wildman–Crippen LogP) is -2.43. The number of likely N-dealkylation sites (tertiary alicyclic amines) is 1. The van der Waals surface area contributed by atoms with Crippen LogP contribution in [0.4, 0.5) is 0 Å². The molecule has 4 atom stereocenters. The van der Waals surface area contributed by atoms with Gasteiger partial charge < -0.3 is 15.3 Å². The second-order valence-corrected chi connectivity index (χ2v) is 8.57. The predicted molar refractivity (Wildman–Crippen MR) is 79.6 cm³/mol. The minimum atomic E-state index is -3.04. The molecule has 0 radical (unpaired) electrons.